The number of thiazole rings is 1. The lowest BCUT2D eigenvalue weighted by molar-refractivity contribution is 0.114. The van der Waals surface area contributed by atoms with Crippen LogP contribution in [0.1, 0.15) is 9.88 Å². The number of nitrogens with zero attached hydrogens (tertiary/aromatic N) is 3. The molecule has 1 atom stereocenters. The molecule has 16 heavy (non-hydrogen) atoms. The minimum Gasteiger partial charge on any atom is -0.326 e. The molecule has 1 aliphatic rings. The number of nitrogens with two attached hydrogens (primary N) is 1. The van der Waals surface area contributed by atoms with Crippen molar-refractivity contribution >= 4 is 11.3 Å². The summed E-state index contributed by atoms with van der Waals surface area (Å²) < 4.78 is 0. The summed E-state index contributed by atoms with van der Waals surface area (Å²) in [6.45, 7) is 4.06. The van der Waals surface area contributed by atoms with Crippen molar-refractivity contribution in [2.45, 2.75) is 19.0 Å². The Morgan fingerprint density at radius 3 is 3.00 bits per heavy atom. The highest BCUT2D eigenvalue weighted by molar-refractivity contribution is 7.11. The van der Waals surface area contributed by atoms with Gasteiger partial charge in [-0.15, -0.1) is 11.3 Å². The third-order valence-corrected chi connectivity index (χ3v) is 4.24. The van der Waals surface area contributed by atoms with Crippen LogP contribution in [0.15, 0.2) is 6.20 Å². The van der Waals surface area contributed by atoms with Crippen molar-refractivity contribution in [3.63, 3.8) is 0 Å². The van der Waals surface area contributed by atoms with Gasteiger partial charge in [-0.3, -0.25) is 0 Å². The molecule has 1 saturated heterocycles. The van der Waals surface area contributed by atoms with Crippen molar-refractivity contribution < 1.29 is 0 Å². The molecular weight excluding hydrogens is 220 g/mol. The first-order valence-corrected chi connectivity index (χ1v) is 6.53. The van der Waals surface area contributed by atoms with Crippen LogP contribution in [0, 0.1) is 0 Å². The molecule has 4 nitrogen and oxygen atoms in total. The summed E-state index contributed by atoms with van der Waals surface area (Å²) >= 11 is 1.75. The van der Waals surface area contributed by atoms with Gasteiger partial charge in [0, 0.05) is 49.7 Å². The van der Waals surface area contributed by atoms with Crippen LogP contribution in [0.2, 0.25) is 0 Å². The molecule has 1 fully saturated rings. The molecular formula is C11H20N4S. The van der Waals surface area contributed by atoms with Gasteiger partial charge in [-0.25, -0.2) is 4.98 Å². The molecule has 1 unspecified atom stereocenters. The second-order valence-corrected chi connectivity index (χ2v) is 5.72. The minimum absolute atomic E-state index is 0.593. The van der Waals surface area contributed by atoms with E-state index in [9.17, 15) is 0 Å². The smallest absolute Gasteiger partial charge is 0.0944 e. The first-order valence-electron chi connectivity index (χ1n) is 5.71. The number of hydrogen-bond donors (Lipinski definition) is 1. The fourth-order valence-electron chi connectivity index (χ4n) is 2.06. The Hall–Kier alpha value is -0.490. The van der Waals surface area contributed by atoms with Crippen molar-refractivity contribution in [1.82, 2.24) is 14.8 Å². The first kappa shape index (κ1) is 12.0. The Morgan fingerprint density at radius 2 is 2.31 bits per heavy atom. The van der Waals surface area contributed by atoms with E-state index in [4.69, 9.17) is 5.73 Å². The van der Waals surface area contributed by atoms with Crippen LogP contribution in [0.25, 0.3) is 0 Å². The predicted molar refractivity (Wildman–Crippen MR) is 67.6 cm³/mol. The second-order valence-electron chi connectivity index (χ2n) is 4.53. The van der Waals surface area contributed by atoms with E-state index in [1.807, 2.05) is 6.20 Å². The molecule has 0 bridgehead atoms. The maximum Gasteiger partial charge on any atom is 0.0944 e. The standard InChI is InChI=1S/C11H20N4S/c1-14-3-4-15(2)9(8-14)5-11-13-7-10(6-12)16-11/h7,9H,3-6,8,12H2,1-2H3. The fraction of sp³-hybridized carbons (Fsp3) is 0.727. The third-order valence-electron chi connectivity index (χ3n) is 3.19. The molecule has 1 aliphatic heterocycles. The van der Waals surface area contributed by atoms with Crippen molar-refractivity contribution in [1.29, 1.82) is 0 Å². The van der Waals surface area contributed by atoms with Crippen LogP contribution >= 0.6 is 11.3 Å². The Labute approximate surface area is 101 Å². The summed E-state index contributed by atoms with van der Waals surface area (Å²) in [7, 11) is 4.39. The van der Waals surface area contributed by atoms with Crippen molar-refractivity contribution in [2.75, 3.05) is 33.7 Å². The lowest BCUT2D eigenvalue weighted by Crippen LogP contribution is -2.50. The van der Waals surface area contributed by atoms with Crippen molar-refractivity contribution in [3.05, 3.63) is 16.1 Å². The van der Waals surface area contributed by atoms with E-state index in [1.165, 1.54) is 16.4 Å². The van der Waals surface area contributed by atoms with Gasteiger partial charge in [0.25, 0.3) is 0 Å². The van der Waals surface area contributed by atoms with Crippen LogP contribution in [0.5, 0.6) is 0 Å². The summed E-state index contributed by atoms with van der Waals surface area (Å²) in [6, 6.07) is 0.593. The average molecular weight is 240 g/mol. The Morgan fingerprint density at radius 1 is 1.50 bits per heavy atom. The molecule has 1 aromatic rings. The topological polar surface area (TPSA) is 45.4 Å². The molecule has 2 N–H and O–H groups in total. The molecule has 1 aromatic heterocycles. The summed E-state index contributed by atoms with van der Waals surface area (Å²) in [5.74, 6) is 0. The molecule has 2 rings (SSSR count). The van der Waals surface area contributed by atoms with Gasteiger partial charge < -0.3 is 15.5 Å². The molecule has 0 spiro atoms. The van der Waals surface area contributed by atoms with E-state index < -0.39 is 0 Å². The number of aromatic nitrogens is 1. The Kier molecular flexibility index (Phi) is 3.91. The van der Waals surface area contributed by atoms with E-state index >= 15 is 0 Å². The average Bonchev–Trinajstić information content (AvgIpc) is 2.71. The summed E-state index contributed by atoms with van der Waals surface area (Å²) in [4.78, 5) is 10.4. The Bertz CT molecular complexity index is 338. The van der Waals surface area contributed by atoms with Gasteiger partial charge in [0.2, 0.25) is 0 Å². The van der Waals surface area contributed by atoms with Crippen LogP contribution in [0.3, 0.4) is 0 Å². The quantitative estimate of drug-likeness (QED) is 0.830. The van der Waals surface area contributed by atoms with Crippen LogP contribution in [-0.2, 0) is 13.0 Å². The summed E-state index contributed by atoms with van der Waals surface area (Å²) in [6.07, 6.45) is 2.96. The second kappa shape index (κ2) is 5.23. The SMILES string of the molecule is CN1CCN(C)C(Cc2ncc(CN)s2)C1. The lowest BCUT2D eigenvalue weighted by atomic mass is 10.1. The van der Waals surface area contributed by atoms with Gasteiger partial charge in [-0.05, 0) is 14.1 Å². The van der Waals surface area contributed by atoms with Gasteiger partial charge >= 0.3 is 0 Å². The number of likely N-dealkylation sites (N-methyl/N-ethyl adjacent to an activating group) is 2. The van der Waals surface area contributed by atoms with Crippen molar-refractivity contribution in [2.24, 2.45) is 5.73 Å². The van der Waals surface area contributed by atoms with Crippen LogP contribution in [0.4, 0.5) is 0 Å². The maximum atomic E-state index is 5.60. The highest BCUT2D eigenvalue weighted by Gasteiger charge is 2.23. The zero-order valence-electron chi connectivity index (χ0n) is 10.0. The normalized spacial score (nSPS) is 23.8. The summed E-state index contributed by atoms with van der Waals surface area (Å²) in [5, 5.41) is 1.22. The van der Waals surface area contributed by atoms with Gasteiger partial charge in [0.15, 0.2) is 0 Å². The molecule has 0 radical (unpaired) electrons. The van der Waals surface area contributed by atoms with Crippen LogP contribution in [-0.4, -0.2) is 54.6 Å². The fourth-order valence-corrected chi connectivity index (χ4v) is 2.93. The van der Waals surface area contributed by atoms with Gasteiger partial charge in [0.05, 0.1) is 5.01 Å². The van der Waals surface area contributed by atoms with Crippen molar-refractivity contribution in [3.8, 4) is 0 Å². The summed E-state index contributed by atoms with van der Waals surface area (Å²) in [5.41, 5.74) is 5.60. The molecule has 5 heteroatoms. The van der Waals surface area contributed by atoms with E-state index in [1.54, 1.807) is 11.3 Å². The third kappa shape index (κ3) is 2.79. The van der Waals surface area contributed by atoms with E-state index in [0.717, 1.165) is 19.5 Å². The zero-order chi connectivity index (χ0) is 11.5. The minimum atomic E-state index is 0.593. The maximum absolute atomic E-state index is 5.60. The van der Waals surface area contributed by atoms with Gasteiger partial charge in [-0.1, -0.05) is 0 Å². The number of hydrogen-bond acceptors (Lipinski definition) is 5. The molecule has 2 heterocycles. The Balaban J connectivity index is 1.97. The molecule has 0 aliphatic carbocycles. The monoisotopic (exact) mass is 240 g/mol. The largest absolute Gasteiger partial charge is 0.326 e. The van der Waals surface area contributed by atoms with E-state index in [0.29, 0.717) is 12.6 Å². The van der Waals surface area contributed by atoms with Crippen LogP contribution < -0.4 is 5.73 Å². The lowest BCUT2D eigenvalue weighted by Gasteiger charge is -2.37. The predicted octanol–water partition coefficient (Wildman–Crippen LogP) is 0.390. The zero-order valence-corrected chi connectivity index (χ0v) is 10.8. The van der Waals surface area contributed by atoms with E-state index in [-0.39, 0.29) is 0 Å². The molecule has 0 saturated carbocycles. The molecule has 90 valence electrons. The first-order chi connectivity index (χ1) is 7.69. The molecule has 0 aromatic carbocycles. The van der Waals surface area contributed by atoms with Gasteiger partial charge in [0.1, 0.15) is 0 Å². The van der Waals surface area contributed by atoms with E-state index in [2.05, 4.69) is 28.9 Å². The van der Waals surface area contributed by atoms with Gasteiger partial charge in [-0.2, -0.15) is 0 Å². The molecule has 0 amide bonds. The number of piperazine rings is 1. The highest BCUT2D eigenvalue weighted by Crippen LogP contribution is 2.17. The number of rotatable bonds is 3. The highest BCUT2D eigenvalue weighted by atomic mass is 32.1.